The molecule has 2 aliphatic heterocycles. The Morgan fingerprint density at radius 1 is 1.05 bits per heavy atom. The van der Waals surface area contributed by atoms with E-state index in [1.54, 1.807) is 6.20 Å². The normalized spacial score (nSPS) is 17.3. The van der Waals surface area contributed by atoms with Gasteiger partial charge in [0.05, 0.1) is 11.9 Å². The largest absolute Gasteiger partial charge is 0.490 e. The number of hydrogen-bond donors (Lipinski definition) is 2. The number of halogens is 3. The first-order valence-corrected chi connectivity index (χ1v) is 13.3. The second kappa shape index (κ2) is 13.6. The van der Waals surface area contributed by atoms with Gasteiger partial charge in [0.2, 0.25) is 5.91 Å². The summed E-state index contributed by atoms with van der Waals surface area (Å²) in [5, 5.41) is 10.1. The van der Waals surface area contributed by atoms with Crippen molar-refractivity contribution in [2.24, 2.45) is 0 Å². The molecule has 0 radical (unpaired) electrons. The Kier molecular flexibility index (Phi) is 10.5. The van der Waals surface area contributed by atoms with E-state index in [0.29, 0.717) is 39.0 Å². The molecule has 1 spiro atoms. The van der Waals surface area contributed by atoms with Gasteiger partial charge < -0.3 is 20.2 Å². The van der Waals surface area contributed by atoms with E-state index in [0.717, 1.165) is 37.3 Å². The maximum atomic E-state index is 14.0. The van der Waals surface area contributed by atoms with E-state index in [1.807, 2.05) is 47.1 Å². The molecule has 0 aliphatic carbocycles. The maximum Gasteiger partial charge on any atom is 0.490 e. The smallest absolute Gasteiger partial charge is 0.475 e. The highest BCUT2D eigenvalue weighted by atomic mass is 19.4. The predicted octanol–water partition coefficient (Wildman–Crippen LogP) is 4.22. The number of piperazine rings is 1. The molecule has 0 bridgehead atoms. The number of rotatable bonds is 6. The van der Waals surface area contributed by atoms with Crippen molar-refractivity contribution in [2.75, 3.05) is 37.6 Å². The van der Waals surface area contributed by atoms with E-state index in [1.165, 1.54) is 5.56 Å². The van der Waals surface area contributed by atoms with E-state index in [9.17, 15) is 22.8 Å². The summed E-state index contributed by atoms with van der Waals surface area (Å²) in [6, 6.07) is 14.3. The van der Waals surface area contributed by atoms with Crippen LogP contribution in [-0.4, -0.2) is 82.2 Å². The maximum absolute atomic E-state index is 14.0. The van der Waals surface area contributed by atoms with Crippen LogP contribution in [0.1, 0.15) is 43.9 Å². The average Bonchev–Trinajstić information content (AvgIpc) is 2.93. The van der Waals surface area contributed by atoms with Gasteiger partial charge in [-0.1, -0.05) is 43.7 Å². The SMILES string of the molecule is CCCCNC(=O)N1CCC2(CC1)C(=O)N(c1ccc(C)nc1)CCN2Cc1ccccc1.O=C(O)C(F)(F)F. The highest BCUT2D eigenvalue weighted by Crippen LogP contribution is 2.36. The summed E-state index contributed by atoms with van der Waals surface area (Å²) in [6.07, 6.45) is 0.0118. The average molecular weight is 564 g/mol. The number of aliphatic carboxylic acids is 1. The van der Waals surface area contributed by atoms with E-state index < -0.39 is 17.7 Å². The minimum Gasteiger partial charge on any atom is -0.475 e. The number of carboxylic acid groups (broad SMARTS) is 1. The molecule has 218 valence electrons. The first kappa shape index (κ1) is 30.9. The number of nitrogens with zero attached hydrogens (tertiary/aromatic N) is 4. The number of likely N-dealkylation sites (tertiary alicyclic amines) is 1. The van der Waals surface area contributed by atoms with Crippen molar-refractivity contribution in [2.45, 2.75) is 57.8 Å². The number of carbonyl (C=O) groups is 3. The van der Waals surface area contributed by atoms with Gasteiger partial charge in [-0.3, -0.25) is 14.7 Å². The van der Waals surface area contributed by atoms with Gasteiger partial charge in [-0.2, -0.15) is 13.2 Å². The van der Waals surface area contributed by atoms with Crippen molar-refractivity contribution < 1.29 is 32.7 Å². The Morgan fingerprint density at radius 2 is 1.70 bits per heavy atom. The molecule has 4 rings (SSSR count). The monoisotopic (exact) mass is 563 g/mol. The molecule has 0 saturated carbocycles. The number of alkyl halides is 3. The fourth-order valence-electron chi connectivity index (χ4n) is 4.92. The number of urea groups is 1. The molecule has 0 unspecified atom stereocenters. The van der Waals surface area contributed by atoms with Crippen LogP contribution in [0.3, 0.4) is 0 Å². The molecule has 2 aromatic rings. The minimum absolute atomic E-state index is 0.0178. The van der Waals surface area contributed by atoms with Crippen LogP contribution in [-0.2, 0) is 16.1 Å². The molecular weight excluding hydrogens is 527 g/mol. The number of amides is 3. The van der Waals surface area contributed by atoms with Gasteiger partial charge in [0.1, 0.15) is 5.54 Å². The molecule has 2 aliphatic rings. The predicted molar refractivity (Wildman–Crippen MR) is 144 cm³/mol. The van der Waals surface area contributed by atoms with Gasteiger partial charge in [0, 0.05) is 45.0 Å². The highest BCUT2D eigenvalue weighted by molar-refractivity contribution is 6.01. The zero-order valence-corrected chi connectivity index (χ0v) is 22.8. The summed E-state index contributed by atoms with van der Waals surface area (Å²) < 4.78 is 31.7. The number of carboxylic acids is 1. The third-order valence-electron chi connectivity index (χ3n) is 7.19. The lowest BCUT2D eigenvalue weighted by Crippen LogP contribution is -2.69. The van der Waals surface area contributed by atoms with Gasteiger partial charge >= 0.3 is 18.2 Å². The van der Waals surface area contributed by atoms with Gasteiger partial charge in [0.15, 0.2) is 0 Å². The molecule has 2 saturated heterocycles. The molecule has 3 amide bonds. The number of aryl methyl sites for hydroxylation is 1. The first-order valence-electron chi connectivity index (χ1n) is 13.3. The second-order valence-electron chi connectivity index (χ2n) is 9.93. The number of piperidine rings is 1. The van der Waals surface area contributed by atoms with Crippen molar-refractivity contribution in [1.82, 2.24) is 20.1 Å². The zero-order valence-electron chi connectivity index (χ0n) is 22.8. The molecule has 2 fully saturated rings. The molecule has 9 nitrogen and oxygen atoms in total. The summed E-state index contributed by atoms with van der Waals surface area (Å²) in [7, 11) is 0. The fourth-order valence-corrected chi connectivity index (χ4v) is 4.92. The van der Waals surface area contributed by atoms with Crippen molar-refractivity contribution in [3.8, 4) is 0 Å². The van der Waals surface area contributed by atoms with Crippen LogP contribution in [0.25, 0.3) is 0 Å². The Morgan fingerprint density at radius 3 is 2.25 bits per heavy atom. The van der Waals surface area contributed by atoms with E-state index in [2.05, 4.69) is 34.3 Å². The van der Waals surface area contributed by atoms with Crippen LogP contribution in [0.4, 0.5) is 23.7 Å². The second-order valence-corrected chi connectivity index (χ2v) is 9.93. The number of hydrogen-bond acceptors (Lipinski definition) is 5. The molecular formula is C28H36F3N5O4. The Bertz CT molecular complexity index is 1140. The fraction of sp³-hybridized carbons (Fsp3) is 0.500. The summed E-state index contributed by atoms with van der Waals surface area (Å²) >= 11 is 0. The van der Waals surface area contributed by atoms with Gasteiger partial charge in [-0.15, -0.1) is 0 Å². The number of unbranched alkanes of at least 4 members (excludes halogenated alkanes) is 1. The van der Waals surface area contributed by atoms with Crippen LogP contribution in [0.5, 0.6) is 0 Å². The molecule has 3 heterocycles. The van der Waals surface area contributed by atoms with Gasteiger partial charge in [-0.25, -0.2) is 9.59 Å². The van der Waals surface area contributed by atoms with Crippen LogP contribution in [0.2, 0.25) is 0 Å². The number of nitrogens with one attached hydrogen (secondary N) is 1. The molecule has 1 aromatic heterocycles. The minimum atomic E-state index is -5.08. The van der Waals surface area contributed by atoms with Crippen LogP contribution in [0.15, 0.2) is 48.7 Å². The van der Waals surface area contributed by atoms with Crippen LogP contribution in [0, 0.1) is 6.92 Å². The number of anilines is 1. The summed E-state index contributed by atoms with van der Waals surface area (Å²) in [4.78, 5) is 46.0. The van der Waals surface area contributed by atoms with E-state index in [-0.39, 0.29) is 11.9 Å². The molecule has 2 N–H and O–H groups in total. The Hall–Kier alpha value is -3.67. The number of pyridine rings is 1. The lowest BCUT2D eigenvalue weighted by Gasteiger charge is -2.52. The van der Waals surface area contributed by atoms with Crippen molar-refractivity contribution in [3.63, 3.8) is 0 Å². The number of carbonyl (C=O) groups excluding carboxylic acids is 2. The van der Waals surface area contributed by atoms with Crippen LogP contribution >= 0.6 is 0 Å². The third kappa shape index (κ3) is 7.71. The van der Waals surface area contributed by atoms with Crippen molar-refractivity contribution >= 4 is 23.6 Å². The quantitative estimate of drug-likeness (QED) is 0.510. The molecule has 1 aromatic carbocycles. The van der Waals surface area contributed by atoms with E-state index >= 15 is 0 Å². The van der Waals surface area contributed by atoms with Crippen molar-refractivity contribution in [1.29, 1.82) is 0 Å². The molecule has 40 heavy (non-hydrogen) atoms. The number of benzene rings is 1. The van der Waals surface area contributed by atoms with Crippen LogP contribution < -0.4 is 10.2 Å². The Balaban J connectivity index is 0.000000559. The molecule has 0 atom stereocenters. The molecule has 12 heteroatoms. The highest BCUT2D eigenvalue weighted by Gasteiger charge is 2.51. The Labute approximate surface area is 232 Å². The topological polar surface area (TPSA) is 106 Å². The summed E-state index contributed by atoms with van der Waals surface area (Å²) in [5.41, 5.74) is 2.38. The van der Waals surface area contributed by atoms with Gasteiger partial charge in [-0.05, 0) is 43.9 Å². The lowest BCUT2D eigenvalue weighted by molar-refractivity contribution is -0.192. The third-order valence-corrected chi connectivity index (χ3v) is 7.19. The lowest BCUT2D eigenvalue weighted by atomic mass is 9.82. The summed E-state index contributed by atoms with van der Waals surface area (Å²) in [6.45, 7) is 8.08. The van der Waals surface area contributed by atoms with E-state index in [4.69, 9.17) is 9.90 Å². The van der Waals surface area contributed by atoms with Crippen molar-refractivity contribution in [3.05, 3.63) is 59.9 Å². The summed E-state index contributed by atoms with van der Waals surface area (Å²) in [5.74, 6) is -2.63. The standard InChI is InChI=1S/C26H35N5O2.C2HF3O2/c1-3-4-14-27-25(33)29-15-12-26(13-16-29)24(32)31(23-11-10-21(2)28-19-23)18-17-30(26)20-22-8-6-5-7-9-22;3-2(4,5)1(6)7/h5-11,19H,3-4,12-18,20H2,1-2H3,(H,27,33);(H,6,7). The van der Waals surface area contributed by atoms with Gasteiger partial charge in [0.25, 0.3) is 0 Å². The first-order chi connectivity index (χ1) is 19.0. The zero-order chi connectivity index (χ0) is 29.3. The number of aromatic nitrogens is 1.